The molecule has 7 heteroatoms. The number of halogens is 1. The van der Waals surface area contributed by atoms with Crippen LogP contribution in [0.4, 0.5) is 5.82 Å². The average molecular weight is 361 g/mol. The third-order valence-corrected chi connectivity index (χ3v) is 5.08. The number of nitrogens with two attached hydrogens (primary N) is 1. The van der Waals surface area contributed by atoms with Crippen LogP contribution < -0.4 is 15.4 Å². The molecule has 2 aromatic rings. The Morgan fingerprint density at radius 2 is 2.12 bits per heavy atom. The number of aromatic nitrogens is 2. The second kappa shape index (κ2) is 6.78. The maximum Gasteiger partial charge on any atom is 0.161 e. The second-order valence-corrected chi connectivity index (χ2v) is 6.99. The molecule has 0 amide bonds. The first kappa shape index (κ1) is 16.6. The van der Waals surface area contributed by atoms with Crippen molar-refractivity contribution < 1.29 is 9.84 Å². The number of benzene rings is 1. The van der Waals surface area contributed by atoms with E-state index in [9.17, 15) is 5.11 Å². The molecule has 1 atom stereocenters. The summed E-state index contributed by atoms with van der Waals surface area (Å²) in [4.78, 5) is 11.3. The number of anilines is 1. The normalized spacial score (nSPS) is 20.4. The zero-order chi connectivity index (χ0) is 17.4. The molecule has 0 radical (unpaired) electrons. The molecule has 1 aromatic carbocycles. The molecule has 1 saturated heterocycles. The molecule has 1 unspecified atom stereocenters. The lowest BCUT2D eigenvalue weighted by Crippen LogP contribution is -2.36. The van der Waals surface area contributed by atoms with Crippen LogP contribution in [-0.4, -0.2) is 46.9 Å². The molecule has 132 valence electrons. The lowest BCUT2D eigenvalue weighted by atomic mass is 10.1. The highest BCUT2D eigenvalue weighted by molar-refractivity contribution is 6.32. The van der Waals surface area contributed by atoms with E-state index in [1.54, 1.807) is 6.20 Å². The summed E-state index contributed by atoms with van der Waals surface area (Å²) in [5.74, 6) is 2.25. The summed E-state index contributed by atoms with van der Waals surface area (Å²) in [6.45, 7) is 2.07. The molecular weight excluding hydrogens is 340 g/mol. The van der Waals surface area contributed by atoms with E-state index >= 15 is 0 Å². The molecule has 1 fully saturated rings. The van der Waals surface area contributed by atoms with Gasteiger partial charge in [0.15, 0.2) is 5.82 Å². The zero-order valence-corrected chi connectivity index (χ0v) is 14.6. The van der Waals surface area contributed by atoms with E-state index in [1.807, 2.05) is 18.2 Å². The standard InChI is InChI=1S/C18H21ClN4O2/c19-15-9-12(7-11-8-14(10-20)25-17(11)15)18-21-4-1-16(22-18)23-5-2-13(24)3-6-23/h1,4,7,9,13-14,24H,2-3,5-6,8,10,20H2. The first-order valence-corrected chi connectivity index (χ1v) is 8.97. The zero-order valence-electron chi connectivity index (χ0n) is 13.9. The Hall–Kier alpha value is -1.89. The van der Waals surface area contributed by atoms with Crippen LogP contribution in [0, 0.1) is 0 Å². The summed E-state index contributed by atoms with van der Waals surface area (Å²) in [7, 11) is 0. The minimum Gasteiger partial charge on any atom is -0.487 e. The van der Waals surface area contributed by atoms with Gasteiger partial charge in [0, 0.05) is 43.4 Å². The molecule has 2 aliphatic heterocycles. The molecule has 3 N–H and O–H groups in total. The first-order chi connectivity index (χ1) is 12.1. The van der Waals surface area contributed by atoms with Gasteiger partial charge in [-0.05, 0) is 31.0 Å². The second-order valence-electron chi connectivity index (χ2n) is 6.58. The summed E-state index contributed by atoms with van der Waals surface area (Å²) in [5.41, 5.74) is 7.64. The Morgan fingerprint density at radius 1 is 1.32 bits per heavy atom. The fourth-order valence-corrected chi connectivity index (χ4v) is 3.69. The maximum atomic E-state index is 9.67. The number of hydrogen-bond donors (Lipinski definition) is 2. The smallest absolute Gasteiger partial charge is 0.161 e. The van der Waals surface area contributed by atoms with Crippen LogP contribution >= 0.6 is 11.6 Å². The number of ether oxygens (including phenoxy) is 1. The highest BCUT2D eigenvalue weighted by atomic mass is 35.5. The van der Waals surface area contributed by atoms with Crippen LogP contribution in [-0.2, 0) is 6.42 Å². The van der Waals surface area contributed by atoms with E-state index in [0.717, 1.165) is 55.0 Å². The number of aliphatic hydroxyl groups is 1. The number of piperidine rings is 1. The van der Waals surface area contributed by atoms with Crippen molar-refractivity contribution in [2.75, 3.05) is 24.5 Å². The Morgan fingerprint density at radius 3 is 2.88 bits per heavy atom. The number of hydrogen-bond acceptors (Lipinski definition) is 6. The maximum absolute atomic E-state index is 9.67. The Kier molecular flexibility index (Phi) is 4.50. The van der Waals surface area contributed by atoms with Gasteiger partial charge in [-0.1, -0.05) is 11.6 Å². The lowest BCUT2D eigenvalue weighted by Gasteiger charge is -2.30. The van der Waals surface area contributed by atoms with Gasteiger partial charge < -0.3 is 20.5 Å². The molecule has 1 aromatic heterocycles. The first-order valence-electron chi connectivity index (χ1n) is 8.59. The van der Waals surface area contributed by atoms with E-state index in [4.69, 9.17) is 27.1 Å². The van der Waals surface area contributed by atoms with Crippen molar-refractivity contribution in [3.8, 4) is 17.1 Å². The van der Waals surface area contributed by atoms with Crippen LogP contribution in [0.3, 0.4) is 0 Å². The average Bonchev–Trinajstić information content (AvgIpc) is 3.06. The van der Waals surface area contributed by atoms with Gasteiger partial charge in [-0.3, -0.25) is 0 Å². The van der Waals surface area contributed by atoms with E-state index in [1.165, 1.54) is 0 Å². The molecule has 3 heterocycles. The summed E-state index contributed by atoms with van der Waals surface area (Å²) < 4.78 is 5.78. The highest BCUT2D eigenvalue weighted by Gasteiger charge is 2.25. The monoisotopic (exact) mass is 360 g/mol. The molecule has 0 aliphatic carbocycles. The van der Waals surface area contributed by atoms with Crippen LogP contribution in [0.15, 0.2) is 24.4 Å². The van der Waals surface area contributed by atoms with Crippen LogP contribution in [0.2, 0.25) is 5.02 Å². The molecule has 25 heavy (non-hydrogen) atoms. The lowest BCUT2D eigenvalue weighted by molar-refractivity contribution is 0.145. The number of nitrogens with zero attached hydrogens (tertiary/aromatic N) is 3. The minimum atomic E-state index is -0.205. The fraction of sp³-hybridized carbons (Fsp3) is 0.444. The van der Waals surface area contributed by atoms with Gasteiger partial charge in [0.1, 0.15) is 17.7 Å². The van der Waals surface area contributed by atoms with Crippen molar-refractivity contribution in [3.05, 3.63) is 35.0 Å². The van der Waals surface area contributed by atoms with Gasteiger partial charge in [-0.15, -0.1) is 0 Å². The van der Waals surface area contributed by atoms with Crippen molar-refractivity contribution in [3.63, 3.8) is 0 Å². The minimum absolute atomic E-state index is 0.0187. The predicted octanol–water partition coefficient (Wildman–Crippen LogP) is 2.02. The van der Waals surface area contributed by atoms with Crippen molar-refractivity contribution in [1.82, 2.24) is 9.97 Å². The molecule has 0 spiro atoms. The van der Waals surface area contributed by atoms with Crippen molar-refractivity contribution in [2.45, 2.75) is 31.5 Å². The van der Waals surface area contributed by atoms with Crippen molar-refractivity contribution in [1.29, 1.82) is 0 Å². The SMILES string of the molecule is NCC1Cc2cc(-c3nccc(N4CCC(O)CC4)n3)cc(Cl)c2O1. The topological polar surface area (TPSA) is 84.5 Å². The molecular formula is C18H21ClN4O2. The molecule has 6 nitrogen and oxygen atoms in total. The van der Waals surface area contributed by atoms with Crippen LogP contribution in [0.25, 0.3) is 11.4 Å². The van der Waals surface area contributed by atoms with E-state index in [2.05, 4.69) is 9.88 Å². The Balaban J connectivity index is 1.63. The summed E-state index contributed by atoms with van der Waals surface area (Å²) in [6.07, 6.45) is 3.83. The number of fused-ring (bicyclic) bond motifs is 1. The largest absolute Gasteiger partial charge is 0.487 e. The van der Waals surface area contributed by atoms with Gasteiger partial charge >= 0.3 is 0 Å². The van der Waals surface area contributed by atoms with Gasteiger partial charge in [0.05, 0.1) is 11.1 Å². The van der Waals surface area contributed by atoms with Crippen molar-refractivity contribution in [2.24, 2.45) is 5.73 Å². The van der Waals surface area contributed by atoms with Gasteiger partial charge in [-0.25, -0.2) is 9.97 Å². The summed E-state index contributed by atoms with van der Waals surface area (Å²) in [5, 5.41) is 10.2. The summed E-state index contributed by atoms with van der Waals surface area (Å²) >= 11 is 6.39. The quantitative estimate of drug-likeness (QED) is 0.871. The van der Waals surface area contributed by atoms with E-state index < -0.39 is 0 Å². The van der Waals surface area contributed by atoms with Gasteiger partial charge in [-0.2, -0.15) is 0 Å². The third kappa shape index (κ3) is 3.29. The van der Waals surface area contributed by atoms with Gasteiger partial charge in [0.2, 0.25) is 0 Å². The van der Waals surface area contributed by atoms with E-state index in [0.29, 0.717) is 17.4 Å². The number of rotatable bonds is 3. The Bertz CT molecular complexity index is 778. The molecule has 0 saturated carbocycles. The summed E-state index contributed by atoms with van der Waals surface area (Å²) in [6, 6.07) is 5.79. The molecule has 0 bridgehead atoms. The van der Waals surface area contributed by atoms with Gasteiger partial charge in [0.25, 0.3) is 0 Å². The van der Waals surface area contributed by atoms with Crippen LogP contribution in [0.1, 0.15) is 18.4 Å². The number of aliphatic hydroxyl groups excluding tert-OH is 1. The molecule has 4 rings (SSSR count). The van der Waals surface area contributed by atoms with E-state index in [-0.39, 0.29) is 12.2 Å². The highest BCUT2D eigenvalue weighted by Crippen LogP contribution is 2.39. The Labute approximate surface area is 151 Å². The van der Waals surface area contributed by atoms with Crippen LogP contribution in [0.5, 0.6) is 5.75 Å². The fourth-order valence-electron chi connectivity index (χ4n) is 3.41. The predicted molar refractivity (Wildman–Crippen MR) is 97.1 cm³/mol. The molecule has 2 aliphatic rings. The third-order valence-electron chi connectivity index (χ3n) is 4.80. The van der Waals surface area contributed by atoms with Crippen molar-refractivity contribution >= 4 is 17.4 Å².